The molecule has 8 heteroatoms. The van der Waals surface area contributed by atoms with Crippen molar-refractivity contribution in [3.8, 4) is 5.69 Å². The first kappa shape index (κ1) is 15.8. The predicted octanol–water partition coefficient (Wildman–Crippen LogP) is 1.89. The Balaban J connectivity index is 1.47. The molecule has 0 unspecified atom stereocenters. The Bertz CT molecular complexity index is 839. The number of aromatic nitrogens is 6. The van der Waals surface area contributed by atoms with Crippen LogP contribution in [0.25, 0.3) is 5.69 Å². The van der Waals surface area contributed by atoms with E-state index in [2.05, 4.69) is 32.9 Å². The summed E-state index contributed by atoms with van der Waals surface area (Å²) in [7, 11) is 1.92. The zero-order valence-electron chi connectivity index (χ0n) is 14.3. The number of hydrogen-bond acceptors (Lipinski definition) is 6. The molecule has 1 saturated heterocycles. The Hall–Kier alpha value is -2.74. The largest absolute Gasteiger partial charge is 0.373 e. The fourth-order valence-corrected chi connectivity index (χ4v) is 3.18. The van der Waals surface area contributed by atoms with Crippen molar-refractivity contribution in [2.75, 3.05) is 18.5 Å². The van der Waals surface area contributed by atoms with E-state index < -0.39 is 0 Å². The molecular formula is C17H21N7O. The van der Waals surface area contributed by atoms with Crippen LogP contribution in [0.4, 0.5) is 5.95 Å². The Labute approximate surface area is 145 Å². The molecule has 1 aliphatic heterocycles. The topological polar surface area (TPSA) is 82.7 Å². The number of hydrogen-bond donors (Lipinski definition) is 1. The summed E-state index contributed by atoms with van der Waals surface area (Å²) in [4.78, 5) is 0. The van der Waals surface area contributed by atoms with Crippen molar-refractivity contribution in [2.24, 2.45) is 13.0 Å². The molecule has 0 saturated carbocycles. The third kappa shape index (κ3) is 3.25. The van der Waals surface area contributed by atoms with Gasteiger partial charge in [0, 0.05) is 37.9 Å². The van der Waals surface area contributed by atoms with Gasteiger partial charge >= 0.3 is 0 Å². The van der Waals surface area contributed by atoms with Crippen molar-refractivity contribution < 1.29 is 4.74 Å². The molecule has 130 valence electrons. The number of nitrogens with zero attached hydrogens (tertiary/aromatic N) is 6. The highest BCUT2D eigenvalue weighted by Crippen LogP contribution is 2.34. The summed E-state index contributed by atoms with van der Waals surface area (Å²) in [5.41, 5.74) is 3.25. The molecule has 1 aliphatic rings. The second-order valence-corrected chi connectivity index (χ2v) is 6.42. The lowest BCUT2D eigenvalue weighted by atomic mass is 9.97. The van der Waals surface area contributed by atoms with Crippen LogP contribution in [0.15, 0.2) is 36.7 Å². The normalized spacial score (nSPS) is 20.1. The summed E-state index contributed by atoms with van der Waals surface area (Å²) in [5, 5.41) is 19.6. The van der Waals surface area contributed by atoms with Gasteiger partial charge in [-0.25, -0.2) is 0 Å². The Morgan fingerprint density at radius 3 is 2.88 bits per heavy atom. The van der Waals surface area contributed by atoms with Gasteiger partial charge < -0.3 is 10.1 Å². The first-order chi connectivity index (χ1) is 12.2. The lowest BCUT2D eigenvalue weighted by Crippen LogP contribution is -2.19. The second-order valence-electron chi connectivity index (χ2n) is 6.42. The van der Waals surface area contributed by atoms with Gasteiger partial charge in [-0.05, 0) is 35.9 Å². The molecule has 0 aliphatic carbocycles. The Morgan fingerprint density at radius 1 is 1.28 bits per heavy atom. The maximum absolute atomic E-state index is 5.91. The minimum atomic E-state index is 0.0601. The van der Waals surface area contributed by atoms with E-state index in [-0.39, 0.29) is 6.10 Å². The van der Waals surface area contributed by atoms with Gasteiger partial charge in [0.05, 0.1) is 18.0 Å². The minimum absolute atomic E-state index is 0.0601. The second kappa shape index (κ2) is 6.64. The van der Waals surface area contributed by atoms with E-state index >= 15 is 0 Å². The van der Waals surface area contributed by atoms with E-state index in [0.29, 0.717) is 11.9 Å². The minimum Gasteiger partial charge on any atom is -0.373 e. The van der Waals surface area contributed by atoms with Crippen LogP contribution in [0.2, 0.25) is 0 Å². The molecule has 3 heterocycles. The monoisotopic (exact) mass is 339 g/mol. The van der Waals surface area contributed by atoms with Gasteiger partial charge in [0.2, 0.25) is 5.95 Å². The fraction of sp³-hybridized carbons (Fsp3) is 0.412. The number of ether oxygens (including phenoxy) is 1. The van der Waals surface area contributed by atoms with E-state index in [9.17, 15) is 0 Å². The summed E-state index contributed by atoms with van der Waals surface area (Å²) in [6.45, 7) is 3.56. The number of rotatable bonds is 5. The van der Waals surface area contributed by atoms with Crippen molar-refractivity contribution in [1.82, 2.24) is 30.0 Å². The Kier molecular flexibility index (Phi) is 4.19. The standard InChI is InChI=1S/C17H21N7O/c1-12-3-5-15(6-4-12)24-17(20-21-22-24)18-9-13-7-8-25-16(13)14-10-19-23(2)11-14/h3-6,10-11,13,16H,7-9H2,1-2H3,(H,18,20,22)/t13-,16+/m0/s1. The first-order valence-electron chi connectivity index (χ1n) is 8.40. The molecule has 8 nitrogen and oxygen atoms in total. The third-order valence-corrected chi connectivity index (χ3v) is 4.54. The van der Waals surface area contributed by atoms with Crippen molar-refractivity contribution >= 4 is 5.95 Å². The van der Waals surface area contributed by atoms with E-state index in [1.54, 1.807) is 9.36 Å². The zero-order valence-corrected chi connectivity index (χ0v) is 14.3. The molecule has 1 N–H and O–H groups in total. The molecule has 4 rings (SSSR count). The molecule has 0 bridgehead atoms. The third-order valence-electron chi connectivity index (χ3n) is 4.54. The van der Waals surface area contributed by atoms with Gasteiger partial charge in [-0.1, -0.05) is 22.8 Å². The van der Waals surface area contributed by atoms with E-state index in [4.69, 9.17) is 4.74 Å². The van der Waals surface area contributed by atoms with Crippen LogP contribution in [0, 0.1) is 12.8 Å². The van der Waals surface area contributed by atoms with Crippen LogP contribution in [0.3, 0.4) is 0 Å². The molecule has 0 amide bonds. The fourth-order valence-electron chi connectivity index (χ4n) is 3.18. The van der Waals surface area contributed by atoms with Gasteiger partial charge in [0.1, 0.15) is 0 Å². The lowest BCUT2D eigenvalue weighted by Gasteiger charge is -2.18. The number of tetrazole rings is 1. The number of benzene rings is 1. The summed E-state index contributed by atoms with van der Waals surface area (Å²) in [6.07, 6.45) is 4.95. The summed E-state index contributed by atoms with van der Waals surface area (Å²) in [5.74, 6) is 0.994. The van der Waals surface area contributed by atoms with Gasteiger partial charge in [-0.15, -0.1) is 0 Å². The maximum Gasteiger partial charge on any atom is 0.247 e. The molecule has 2 atom stereocenters. The predicted molar refractivity (Wildman–Crippen MR) is 92.4 cm³/mol. The SMILES string of the molecule is Cc1ccc(-n2nnnc2NC[C@@H]2CCO[C@H]2c2cnn(C)c2)cc1. The molecule has 2 aromatic heterocycles. The summed E-state index contributed by atoms with van der Waals surface area (Å²) >= 11 is 0. The number of nitrogens with one attached hydrogen (secondary N) is 1. The highest BCUT2D eigenvalue weighted by atomic mass is 16.5. The van der Waals surface area contributed by atoms with E-state index in [0.717, 1.165) is 30.8 Å². The average Bonchev–Trinajstić information content (AvgIpc) is 3.33. The van der Waals surface area contributed by atoms with Crippen LogP contribution < -0.4 is 5.32 Å². The van der Waals surface area contributed by atoms with Crippen LogP contribution >= 0.6 is 0 Å². The van der Waals surface area contributed by atoms with Crippen molar-refractivity contribution in [1.29, 1.82) is 0 Å². The van der Waals surface area contributed by atoms with E-state index in [1.165, 1.54) is 5.56 Å². The van der Waals surface area contributed by atoms with Crippen molar-refractivity contribution in [2.45, 2.75) is 19.4 Å². The number of anilines is 1. The van der Waals surface area contributed by atoms with Gasteiger partial charge in [0.15, 0.2) is 0 Å². The summed E-state index contributed by atoms with van der Waals surface area (Å²) < 4.78 is 9.43. The van der Waals surface area contributed by atoms with Crippen LogP contribution in [-0.4, -0.2) is 43.1 Å². The quantitative estimate of drug-likeness (QED) is 0.764. The van der Waals surface area contributed by atoms with Crippen molar-refractivity contribution in [3.63, 3.8) is 0 Å². The molecule has 1 aromatic carbocycles. The molecular weight excluding hydrogens is 318 g/mol. The molecule has 25 heavy (non-hydrogen) atoms. The first-order valence-corrected chi connectivity index (χ1v) is 8.40. The number of aryl methyl sites for hydroxylation is 2. The molecule has 0 spiro atoms. The molecule has 1 fully saturated rings. The van der Waals surface area contributed by atoms with Gasteiger partial charge in [-0.3, -0.25) is 4.68 Å². The lowest BCUT2D eigenvalue weighted by molar-refractivity contribution is 0.0932. The van der Waals surface area contributed by atoms with Crippen LogP contribution in [0.1, 0.15) is 23.7 Å². The maximum atomic E-state index is 5.91. The summed E-state index contributed by atoms with van der Waals surface area (Å²) in [6, 6.07) is 8.11. The van der Waals surface area contributed by atoms with Crippen LogP contribution in [0.5, 0.6) is 0 Å². The van der Waals surface area contributed by atoms with Crippen molar-refractivity contribution in [3.05, 3.63) is 47.8 Å². The average molecular weight is 339 g/mol. The van der Waals surface area contributed by atoms with Crippen LogP contribution in [-0.2, 0) is 11.8 Å². The van der Waals surface area contributed by atoms with Gasteiger partial charge in [0.25, 0.3) is 0 Å². The van der Waals surface area contributed by atoms with E-state index in [1.807, 2.05) is 43.7 Å². The molecule has 3 aromatic rings. The molecule has 0 radical (unpaired) electrons. The Morgan fingerprint density at radius 2 is 2.12 bits per heavy atom. The zero-order chi connectivity index (χ0) is 17.2. The highest BCUT2D eigenvalue weighted by molar-refractivity contribution is 5.40. The smallest absolute Gasteiger partial charge is 0.247 e. The van der Waals surface area contributed by atoms with Gasteiger partial charge in [-0.2, -0.15) is 9.78 Å². The highest BCUT2D eigenvalue weighted by Gasteiger charge is 2.30.